The fraction of sp³-hybridized carbons (Fsp3) is 0.133. The summed E-state index contributed by atoms with van der Waals surface area (Å²) in [6, 6.07) is 11.6. The van der Waals surface area contributed by atoms with Crippen LogP contribution in [0.2, 0.25) is 0 Å². The number of ether oxygens (including phenoxy) is 1. The number of hydrogen-bond donors (Lipinski definition) is 0. The molecule has 0 unspecified atom stereocenters. The Morgan fingerprint density at radius 3 is 2.70 bits per heavy atom. The van der Waals surface area contributed by atoms with Gasteiger partial charge < -0.3 is 4.74 Å². The van der Waals surface area contributed by atoms with E-state index in [1.54, 1.807) is 18.5 Å². The summed E-state index contributed by atoms with van der Waals surface area (Å²) in [4.78, 5) is 20.1. The molecule has 0 spiro atoms. The first-order valence-corrected chi connectivity index (χ1v) is 6.23. The zero-order valence-corrected chi connectivity index (χ0v) is 11.0. The zero-order valence-electron chi connectivity index (χ0n) is 11.0. The van der Waals surface area contributed by atoms with E-state index >= 15 is 0 Å². The monoisotopic (exact) mass is 267 g/mol. The molecule has 0 aliphatic heterocycles. The molecule has 5 nitrogen and oxygen atoms in total. The van der Waals surface area contributed by atoms with Crippen LogP contribution in [0.25, 0.3) is 16.9 Å². The minimum absolute atomic E-state index is 0.184. The minimum Gasteiger partial charge on any atom is -0.469 e. The standard InChI is InChI=1S/C15H13N3O2/c1-20-14(19)10-12-9-11-5-2-3-6-13(11)18(12)15-16-7-4-8-17-15/h2-9H,10H2,1H3. The van der Waals surface area contributed by atoms with Gasteiger partial charge in [-0.25, -0.2) is 9.97 Å². The summed E-state index contributed by atoms with van der Waals surface area (Å²) in [7, 11) is 1.38. The third kappa shape index (κ3) is 2.14. The van der Waals surface area contributed by atoms with Crippen LogP contribution in [0.15, 0.2) is 48.8 Å². The molecule has 1 aromatic carbocycles. The first-order valence-electron chi connectivity index (χ1n) is 6.23. The normalized spacial score (nSPS) is 10.7. The molecule has 0 atom stereocenters. The molecule has 5 heteroatoms. The molecule has 2 heterocycles. The largest absolute Gasteiger partial charge is 0.469 e. The Kier molecular flexibility index (Phi) is 3.16. The number of nitrogens with zero attached hydrogens (tertiary/aromatic N) is 3. The van der Waals surface area contributed by atoms with Crippen LogP contribution >= 0.6 is 0 Å². The lowest BCUT2D eigenvalue weighted by Gasteiger charge is -2.07. The summed E-state index contributed by atoms with van der Waals surface area (Å²) in [5.41, 5.74) is 1.78. The van der Waals surface area contributed by atoms with E-state index in [4.69, 9.17) is 4.74 Å². The Hall–Kier alpha value is -2.69. The highest BCUT2D eigenvalue weighted by molar-refractivity contribution is 5.84. The third-order valence-corrected chi connectivity index (χ3v) is 3.09. The lowest BCUT2D eigenvalue weighted by atomic mass is 10.2. The van der Waals surface area contributed by atoms with Gasteiger partial charge in [0.15, 0.2) is 0 Å². The second kappa shape index (κ2) is 5.13. The predicted molar refractivity (Wildman–Crippen MR) is 74.6 cm³/mol. The Morgan fingerprint density at radius 2 is 1.95 bits per heavy atom. The number of carbonyl (C=O) groups excluding carboxylic acids is 1. The van der Waals surface area contributed by atoms with E-state index in [-0.39, 0.29) is 12.4 Å². The zero-order chi connectivity index (χ0) is 13.9. The van der Waals surface area contributed by atoms with Crippen molar-refractivity contribution in [3.63, 3.8) is 0 Å². The summed E-state index contributed by atoms with van der Waals surface area (Å²) < 4.78 is 6.63. The Morgan fingerprint density at radius 1 is 1.20 bits per heavy atom. The number of hydrogen-bond acceptors (Lipinski definition) is 4. The summed E-state index contributed by atoms with van der Waals surface area (Å²) in [5.74, 6) is 0.262. The first kappa shape index (κ1) is 12.3. The Bertz CT molecular complexity index is 750. The van der Waals surface area contributed by atoms with Gasteiger partial charge in [-0.3, -0.25) is 9.36 Å². The van der Waals surface area contributed by atoms with Crippen molar-refractivity contribution in [2.75, 3.05) is 7.11 Å². The van der Waals surface area contributed by atoms with Crippen LogP contribution in [0.4, 0.5) is 0 Å². The molecule has 100 valence electrons. The minimum atomic E-state index is -0.287. The van der Waals surface area contributed by atoms with Gasteiger partial charge in [0, 0.05) is 23.5 Å². The molecule has 0 aliphatic rings. The highest BCUT2D eigenvalue weighted by atomic mass is 16.5. The predicted octanol–water partition coefficient (Wildman–Crippen LogP) is 2.14. The first-order chi connectivity index (χ1) is 9.79. The summed E-state index contributed by atoms with van der Waals surface area (Å²) in [5, 5.41) is 1.04. The summed E-state index contributed by atoms with van der Waals surface area (Å²) >= 11 is 0. The van der Waals surface area contributed by atoms with Crippen LogP contribution in [-0.2, 0) is 16.0 Å². The summed E-state index contributed by atoms with van der Waals surface area (Å²) in [6.07, 6.45) is 3.54. The molecule has 3 aromatic rings. The SMILES string of the molecule is COC(=O)Cc1cc2ccccc2n1-c1ncccn1. The molecule has 0 saturated carbocycles. The highest BCUT2D eigenvalue weighted by Crippen LogP contribution is 2.23. The molecular formula is C15H13N3O2. The molecule has 0 bridgehead atoms. The van der Waals surface area contributed by atoms with E-state index in [9.17, 15) is 4.79 Å². The number of aromatic nitrogens is 3. The number of benzene rings is 1. The van der Waals surface area contributed by atoms with Crippen LogP contribution in [0, 0.1) is 0 Å². The van der Waals surface area contributed by atoms with Crippen molar-refractivity contribution in [2.45, 2.75) is 6.42 Å². The van der Waals surface area contributed by atoms with Crippen molar-refractivity contribution in [1.82, 2.24) is 14.5 Å². The molecule has 0 amide bonds. The van der Waals surface area contributed by atoms with Crippen molar-refractivity contribution in [2.24, 2.45) is 0 Å². The number of para-hydroxylation sites is 1. The number of methoxy groups -OCH3 is 1. The Labute approximate surface area is 115 Å². The van der Waals surface area contributed by atoms with Gasteiger partial charge in [0.25, 0.3) is 0 Å². The van der Waals surface area contributed by atoms with Crippen molar-refractivity contribution in [3.05, 3.63) is 54.5 Å². The van der Waals surface area contributed by atoms with Gasteiger partial charge >= 0.3 is 5.97 Å². The van der Waals surface area contributed by atoms with Crippen LogP contribution < -0.4 is 0 Å². The molecule has 0 fully saturated rings. The quantitative estimate of drug-likeness (QED) is 0.682. The molecule has 0 radical (unpaired) electrons. The maximum atomic E-state index is 11.6. The lowest BCUT2D eigenvalue weighted by molar-refractivity contribution is -0.139. The second-order valence-electron chi connectivity index (χ2n) is 4.33. The van der Waals surface area contributed by atoms with E-state index in [0.717, 1.165) is 16.6 Å². The maximum absolute atomic E-state index is 11.6. The van der Waals surface area contributed by atoms with Gasteiger partial charge in [-0.15, -0.1) is 0 Å². The average Bonchev–Trinajstić information content (AvgIpc) is 2.85. The number of esters is 1. The molecule has 20 heavy (non-hydrogen) atoms. The van der Waals surface area contributed by atoms with Crippen molar-refractivity contribution in [3.8, 4) is 5.95 Å². The van der Waals surface area contributed by atoms with Gasteiger partial charge in [-0.2, -0.15) is 0 Å². The number of fused-ring (bicyclic) bond motifs is 1. The van der Waals surface area contributed by atoms with E-state index in [1.807, 2.05) is 34.9 Å². The topological polar surface area (TPSA) is 57.0 Å². The highest BCUT2D eigenvalue weighted by Gasteiger charge is 2.15. The van der Waals surface area contributed by atoms with Crippen LogP contribution in [0.3, 0.4) is 0 Å². The van der Waals surface area contributed by atoms with E-state index in [1.165, 1.54) is 7.11 Å². The van der Waals surface area contributed by atoms with Crippen LogP contribution in [0.5, 0.6) is 0 Å². The number of rotatable bonds is 3. The number of carbonyl (C=O) groups is 1. The molecule has 2 aromatic heterocycles. The second-order valence-corrected chi connectivity index (χ2v) is 4.33. The fourth-order valence-electron chi connectivity index (χ4n) is 2.20. The van der Waals surface area contributed by atoms with Gasteiger partial charge in [0.1, 0.15) is 0 Å². The summed E-state index contributed by atoms with van der Waals surface area (Å²) in [6.45, 7) is 0. The van der Waals surface area contributed by atoms with E-state index in [2.05, 4.69) is 9.97 Å². The van der Waals surface area contributed by atoms with Crippen molar-refractivity contribution in [1.29, 1.82) is 0 Å². The third-order valence-electron chi connectivity index (χ3n) is 3.09. The van der Waals surface area contributed by atoms with Crippen molar-refractivity contribution >= 4 is 16.9 Å². The lowest BCUT2D eigenvalue weighted by Crippen LogP contribution is -2.10. The van der Waals surface area contributed by atoms with E-state index in [0.29, 0.717) is 5.95 Å². The van der Waals surface area contributed by atoms with Crippen molar-refractivity contribution < 1.29 is 9.53 Å². The van der Waals surface area contributed by atoms with Crippen LogP contribution in [0.1, 0.15) is 5.69 Å². The fourth-order valence-corrected chi connectivity index (χ4v) is 2.20. The van der Waals surface area contributed by atoms with Gasteiger partial charge in [-0.1, -0.05) is 18.2 Å². The average molecular weight is 267 g/mol. The molecular weight excluding hydrogens is 254 g/mol. The Balaban J connectivity index is 2.21. The molecule has 0 aliphatic carbocycles. The van der Waals surface area contributed by atoms with Gasteiger partial charge in [0.05, 0.1) is 19.0 Å². The van der Waals surface area contributed by atoms with Gasteiger partial charge in [-0.05, 0) is 18.2 Å². The molecule has 0 saturated heterocycles. The van der Waals surface area contributed by atoms with Crippen LogP contribution in [-0.4, -0.2) is 27.6 Å². The van der Waals surface area contributed by atoms with Gasteiger partial charge in [0.2, 0.25) is 5.95 Å². The molecule has 0 N–H and O–H groups in total. The maximum Gasteiger partial charge on any atom is 0.311 e. The van der Waals surface area contributed by atoms with E-state index < -0.39 is 0 Å². The smallest absolute Gasteiger partial charge is 0.311 e. The molecule has 3 rings (SSSR count).